The zero-order valence-electron chi connectivity index (χ0n) is 10.4. The van der Waals surface area contributed by atoms with Crippen LogP contribution >= 0.6 is 0 Å². The highest BCUT2D eigenvalue weighted by Gasteiger charge is 2.63. The van der Waals surface area contributed by atoms with Crippen LogP contribution in [-0.4, -0.2) is 53.7 Å². The number of alkyl halides is 3. The first kappa shape index (κ1) is 16.2. The minimum absolute atomic E-state index is 0.0791. The van der Waals surface area contributed by atoms with Gasteiger partial charge in [0, 0.05) is 19.5 Å². The monoisotopic (exact) mass is 297 g/mol. The lowest BCUT2D eigenvalue weighted by Crippen LogP contribution is -2.47. The SMILES string of the molecule is NC(=O)NC(=O)CCN1CCC(C(=O)O)(C(F)(F)F)C1. The van der Waals surface area contributed by atoms with E-state index in [4.69, 9.17) is 10.8 Å². The van der Waals surface area contributed by atoms with E-state index in [1.54, 1.807) is 5.32 Å². The zero-order valence-corrected chi connectivity index (χ0v) is 10.4. The van der Waals surface area contributed by atoms with Crippen molar-refractivity contribution in [1.82, 2.24) is 10.2 Å². The molecule has 1 aliphatic rings. The fourth-order valence-electron chi connectivity index (χ4n) is 2.07. The molecule has 3 amide bonds. The van der Waals surface area contributed by atoms with Crippen molar-refractivity contribution < 1.29 is 32.7 Å². The van der Waals surface area contributed by atoms with Crippen LogP contribution in [0.15, 0.2) is 0 Å². The Hall–Kier alpha value is -1.84. The molecular weight excluding hydrogens is 283 g/mol. The standard InChI is InChI=1S/C10H14F3N3O4/c11-10(12,13)9(7(18)19)2-4-16(5-9)3-1-6(17)15-8(14)20/h1-5H2,(H,18,19)(H3,14,15,17,20). The van der Waals surface area contributed by atoms with Crippen molar-refractivity contribution in [3.8, 4) is 0 Å². The van der Waals surface area contributed by atoms with Crippen molar-refractivity contribution in [2.24, 2.45) is 11.1 Å². The van der Waals surface area contributed by atoms with Crippen LogP contribution in [0.4, 0.5) is 18.0 Å². The van der Waals surface area contributed by atoms with E-state index in [0.29, 0.717) is 0 Å². The Morgan fingerprint density at radius 1 is 1.35 bits per heavy atom. The first-order chi connectivity index (χ1) is 9.08. The molecule has 7 nitrogen and oxygen atoms in total. The second kappa shape index (κ2) is 5.65. The Morgan fingerprint density at radius 2 is 1.95 bits per heavy atom. The second-order valence-corrected chi connectivity index (χ2v) is 4.57. The van der Waals surface area contributed by atoms with Gasteiger partial charge in [0.2, 0.25) is 5.91 Å². The summed E-state index contributed by atoms with van der Waals surface area (Å²) in [5, 5.41) is 10.6. The van der Waals surface area contributed by atoms with Gasteiger partial charge >= 0.3 is 18.2 Å². The molecule has 1 heterocycles. The number of carboxylic acid groups (broad SMARTS) is 1. The molecule has 0 aliphatic carbocycles. The minimum atomic E-state index is -4.86. The van der Waals surface area contributed by atoms with E-state index in [0.717, 1.165) is 0 Å². The molecular formula is C10H14F3N3O4. The number of carboxylic acids is 1. The minimum Gasteiger partial charge on any atom is -0.481 e. The molecule has 0 aromatic heterocycles. The number of nitrogens with zero attached hydrogens (tertiary/aromatic N) is 1. The normalized spacial score (nSPS) is 23.6. The average Bonchev–Trinajstić information content (AvgIpc) is 2.70. The molecule has 20 heavy (non-hydrogen) atoms. The predicted molar refractivity (Wildman–Crippen MR) is 59.5 cm³/mol. The van der Waals surface area contributed by atoms with Crippen LogP contribution in [-0.2, 0) is 9.59 Å². The van der Waals surface area contributed by atoms with Gasteiger partial charge in [-0.1, -0.05) is 0 Å². The van der Waals surface area contributed by atoms with Gasteiger partial charge in [0.25, 0.3) is 0 Å². The van der Waals surface area contributed by atoms with Crippen LogP contribution in [0.2, 0.25) is 0 Å². The fourth-order valence-corrected chi connectivity index (χ4v) is 2.07. The zero-order chi connectivity index (χ0) is 15.6. The number of carbonyl (C=O) groups is 3. The number of hydrogen-bond donors (Lipinski definition) is 3. The maximum absolute atomic E-state index is 12.9. The van der Waals surface area contributed by atoms with Gasteiger partial charge in [-0.05, 0) is 13.0 Å². The van der Waals surface area contributed by atoms with Crippen molar-refractivity contribution in [3.05, 3.63) is 0 Å². The number of aliphatic carboxylic acids is 1. The summed E-state index contributed by atoms with van der Waals surface area (Å²) in [4.78, 5) is 33.6. The molecule has 1 rings (SSSR count). The number of likely N-dealkylation sites (tertiary alicyclic amines) is 1. The van der Waals surface area contributed by atoms with Gasteiger partial charge < -0.3 is 15.7 Å². The summed E-state index contributed by atoms with van der Waals surface area (Å²) in [7, 11) is 0. The number of carbonyl (C=O) groups excluding carboxylic acids is 2. The molecule has 4 N–H and O–H groups in total. The lowest BCUT2D eigenvalue weighted by Gasteiger charge is -2.27. The fraction of sp³-hybridized carbons (Fsp3) is 0.700. The smallest absolute Gasteiger partial charge is 0.406 e. The van der Waals surface area contributed by atoms with E-state index in [1.807, 2.05) is 0 Å². The Labute approximate surface area is 111 Å². The number of rotatable bonds is 4. The summed E-state index contributed by atoms with van der Waals surface area (Å²) < 4.78 is 38.6. The molecule has 0 radical (unpaired) electrons. The van der Waals surface area contributed by atoms with E-state index >= 15 is 0 Å². The van der Waals surface area contributed by atoms with Gasteiger partial charge in [-0.25, -0.2) is 4.79 Å². The van der Waals surface area contributed by atoms with Crippen molar-refractivity contribution in [1.29, 1.82) is 0 Å². The summed E-state index contributed by atoms with van der Waals surface area (Å²) in [5.74, 6) is -2.65. The van der Waals surface area contributed by atoms with Crippen molar-refractivity contribution in [2.45, 2.75) is 19.0 Å². The van der Waals surface area contributed by atoms with Crippen LogP contribution in [0.3, 0.4) is 0 Å². The van der Waals surface area contributed by atoms with Gasteiger partial charge in [0.1, 0.15) is 0 Å². The molecule has 114 valence electrons. The number of urea groups is 1. The Morgan fingerprint density at radius 3 is 2.35 bits per heavy atom. The summed E-state index contributed by atoms with van der Waals surface area (Å²) in [6.07, 6.45) is -5.66. The summed E-state index contributed by atoms with van der Waals surface area (Å²) in [6.45, 7) is -0.879. The van der Waals surface area contributed by atoms with E-state index < -0.39 is 42.5 Å². The Kier molecular flexibility index (Phi) is 4.58. The van der Waals surface area contributed by atoms with Gasteiger partial charge in [-0.15, -0.1) is 0 Å². The highest BCUT2D eigenvalue weighted by Crippen LogP contribution is 2.45. The molecule has 0 aromatic carbocycles. The third-order valence-corrected chi connectivity index (χ3v) is 3.22. The van der Waals surface area contributed by atoms with E-state index in [2.05, 4.69) is 0 Å². The number of imide groups is 1. The first-order valence-electron chi connectivity index (χ1n) is 5.70. The summed E-state index contributed by atoms with van der Waals surface area (Å²) >= 11 is 0. The molecule has 1 fully saturated rings. The quantitative estimate of drug-likeness (QED) is 0.671. The lowest BCUT2D eigenvalue weighted by molar-refractivity contribution is -0.227. The first-order valence-corrected chi connectivity index (χ1v) is 5.70. The van der Waals surface area contributed by atoms with E-state index in [1.165, 1.54) is 4.90 Å². The van der Waals surface area contributed by atoms with E-state index in [9.17, 15) is 27.6 Å². The van der Waals surface area contributed by atoms with Crippen LogP contribution in [0.25, 0.3) is 0 Å². The molecule has 1 aliphatic heterocycles. The molecule has 1 unspecified atom stereocenters. The van der Waals surface area contributed by atoms with Gasteiger partial charge in [-0.2, -0.15) is 13.2 Å². The third-order valence-electron chi connectivity index (χ3n) is 3.22. The largest absolute Gasteiger partial charge is 0.481 e. The van der Waals surface area contributed by atoms with Crippen molar-refractivity contribution in [2.75, 3.05) is 19.6 Å². The molecule has 0 aromatic rings. The van der Waals surface area contributed by atoms with E-state index in [-0.39, 0.29) is 19.5 Å². The van der Waals surface area contributed by atoms with Crippen LogP contribution in [0.1, 0.15) is 12.8 Å². The van der Waals surface area contributed by atoms with Crippen molar-refractivity contribution >= 4 is 17.9 Å². The van der Waals surface area contributed by atoms with Crippen LogP contribution in [0.5, 0.6) is 0 Å². The highest BCUT2D eigenvalue weighted by molar-refractivity contribution is 5.93. The number of nitrogens with one attached hydrogen (secondary N) is 1. The van der Waals surface area contributed by atoms with Crippen LogP contribution < -0.4 is 11.1 Å². The third kappa shape index (κ3) is 3.38. The maximum Gasteiger partial charge on any atom is 0.406 e. The predicted octanol–water partition coefficient (Wildman–Crippen LogP) is -0.0896. The number of nitrogens with two attached hydrogens (primary N) is 1. The molecule has 1 atom stereocenters. The lowest BCUT2D eigenvalue weighted by atomic mass is 9.86. The molecule has 0 spiro atoms. The van der Waals surface area contributed by atoms with Gasteiger partial charge in [0.15, 0.2) is 5.41 Å². The molecule has 0 bridgehead atoms. The molecule has 0 saturated carbocycles. The van der Waals surface area contributed by atoms with Gasteiger partial charge in [-0.3, -0.25) is 14.9 Å². The maximum atomic E-state index is 12.9. The Bertz CT molecular complexity index is 426. The molecule has 10 heteroatoms. The molecule has 1 saturated heterocycles. The summed E-state index contributed by atoms with van der Waals surface area (Å²) in [6, 6.07) is -1.05. The number of amides is 3. The second-order valence-electron chi connectivity index (χ2n) is 4.57. The Balaban J connectivity index is 2.60. The topological polar surface area (TPSA) is 113 Å². The summed E-state index contributed by atoms with van der Waals surface area (Å²) in [5.41, 5.74) is 1.91. The number of hydrogen-bond acceptors (Lipinski definition) is 4. The average molecular weight is 297 g/mol. The van der Waals surface area contributed by atoms with Crippen molar-refractivity contribution in [3.63, 3.8) is 0 Å². The number of halogens is 3. The number of primary amides is 1. The van der Waals surface area contributed by atoms with Crippen LogP contribution in [0, 0.1) is 5.41 Å². The highest BCUT2D eigenvalue weighted by atomic mass is 19.4. The van der Waals surface area contributed by atoms with Gasteiger partial charge in [0.05, 0.1) is 0 Å².